The number of hydrogen-bond donors (Lipinski definition) is 4. The fourth-order valence-corrected chi connectivity index (χ4v) is 6.60. The Bertz CT molecular complexity index is 669. The van der Waals surface area contributed by atoms with Crippen LogP contribution in [0.25, 0.3) is 0 Å². The van der Waals surface area contributed by atoms with Crippen LogP contribution >= 0.6 is 7.82 Å². The summed E-state index contributed by atoms with van der Waals surface area (Å²) in [5.74, 6) is 0. The van der Waals surface area contributed by atoms with Gasteiger partial charge in [0.15, 0.2) is 0 Å². The minimum absolute atomic E-state index is 0.0694. The van der Waals surface area contributed by atoms with E-state index in [1.165, 1.54) is 154 Å². The molecule has 9 heteroatoms. The standard InChI is InChI=1S/C34H69O4P.C6H15NO3/c1-3-5-7-9-11-13-15-17-19-20-22-24-26-28-30-32-34-38-39(35,36)37-33-31-29-27-25-23-21-18-16-14-12-10-8-6-4-2;8-4-1-7(2-5-9)3-6-10/h17,19H,3-16,18,20-34H2,1-2H3,(H,35,36);8-10H,1-6H2. The Morgan fingerprint density at radius 3 is 1.00 bits per heavy atom. The molecule has 4 N–H and O–H groups in total. The average Bonchev–Trinajstić information content (AvgIpc) is 3.08. The lowest BCUT2D eigenvalue weighted by Gasteiger charge is -2.17. The van der Waals surface area contributed by atoms with Gasteiger partial charge in [0.2, 0.25) is 0 Å². The first-order valence-electron chi connectivity index (χ1n) is 20.8. The molecule has 0 spiro atoms. The van der Waals surface area contributed by atoms with Gasteiger partial charge in [-0.25, -0.2) is 4.57 Å². The lowest BCUT2D eigenvalue weighted by atomic mass is 10.0. The van der Waals surface area contributed by atoms with Crippen molar-refractivity contribution in [2.45, 2.75) is 194 Å². The van der Waals surface area contributed by atoms with Crippen LogP contribution in [0.4, 0.5) is 0 Å². The molecule has 296 valence electrons. The first-order valence-corrected chi connectivity index (χ1v) is 22.3. The number of aliphatic hydroxyl groups excluding tert-OH is 3. The van der Waals surface area contributed by atoms with Crippen molar-refractivity contribution in [3.05, 3.63) is 12.2 Å². The molecule has 0 radical (unpaired) electrons. The third-order valence-electron chi connectivity index (χ3n) is 8.91. The number of phosphoric ester groups is 1. The SMILES string of the molecule is CCCCCCCCC=CCCCCCCCCOP(=O)(O)OCCCCCCCCCCCCCCCC.OCCN(CCO)CCO. The summed E-state index contributed by atoms with van der Waals surface area (Å²) in [6.45, 7) is 6.93. The second-order valence-corrected chi connectivity index (χ2v) is 15.1. The smallest absolute Gasteiger partial charge is 0.395 e. The van der Waals surface area contributed by atoms with E-state index in [1.54, 1.807) is 4.90 Å². The second-order valence-electron chi connectivity index (χ2n) is 13.7. The lowest BCUT2D eigenvalue weighted by molar-refractivity contribution is 0.136. The maximum absolute atomic E-state index is 12.0. The first kappa shape index (κ1) is 50.8. The Balaban J connectivity index is 0. The van der Waals surface area contributed by atoms with Crippen molar-refractivity contribution in [2.24, 2.45) is 0 Å². The molecule has 0 fully saturated rings. The molecule has 0 bridgehead atoms. The summed E-state index contributed by atoms with van der Waals surface area (Å²) in [6, 6.07) is 0. The largest absolute Gasteiger partial charge is 0.472 e. The average molecular weight is 722 g/mol. The zero-order valence-corrected chi connectivity index (χ0v) is 33.4. The maximum Gasteiger partial charge on any atom is 0.472 e. The minimum atomic E-state index is -3.88. The highest BCUT2D eigenvalue weighted by molar-refractivity contribution is 7.47. The van der Waals surface area contributed by atoms with Crippen LogP contribution in [0.3, 0.4) is 0 Å². The monoisotopic (exact) mass is 722 g/mol. The van der Waals surface area contributed by atoms with Gasteiger partial charge in [-0.15, -0.1) is 0 Å². The van der Waals surface area contributed by atoms with Crippen molar-refractivity contribution < 1.29 is 33.8 Å². The summed E-state index contributed by atoms with van der Waals surface area (Å²) in [5, 5.41) is 25.5. The van der Waals surface area contributed by atoms with Crippen LogP contribution < -0.4 is 0 Å². The first-order chi connectivity index (χ1) is 24.0. The van der Waals surface area contributed by atoms with Crippen molar-refractivity contribution in [3.63, 3.8) is 0 Å². The summed E-state index contributed by atoms with van der Waals surface area (Å²) in [5.41, 5.74) is 0. The van der Waals surface area contributed by atoms with Crippen molar-refractivity contribution in [1.29, 1.82) is 0 Å². The molecule has 1 atom stereocenters. The van der Waals surface area contributed by atoms with Crippen LogP contribution in [-0.2, 0) is 13.6 Å². The van der Waals surface area contributed by atoms with Crippen LogP contribution in [0, 0.1) is 0 Å². The molecule has 8 nitrogen and oxygen atoms in total. The van der Waals surface area contributed by atoms with Gasteiger partial charge in [0, 0.05) is 19.6 Å². The number of rotatable bonds is 39. The summed E-state index contributed by atoms with van der Waals surface area (Å²) in [6.07, 6.45) is 40.4. The third-order valence-corrected chi connectivity index (χ3v) is 9.93. The molecule has 0 aliphatic carbocycles. The van der Waals surface area contributed by atoms with Crippen LogP contribution in [0.5, 0.6) is 0 Å². The fraction of sp³-hybridized carbons (Fsp3) is 0.950. The van der Waals surface area contributed by atoms with Crippen molar-refractivity contribution in [1.82, 2.24) is 4.90 Å². The molecule has 0 aliphatic rings. The minimum Gasteiger partial charge on any atom is -0.395 e. The van der Waals surface area contributed by atoms with Gasteiger partial charge in [0.25, 0.3) is 0 Å². The molecule has 0 aromatic carbocycles. The van der Waals surface area contributed by atoms with E-state index in [4.69, 9.17) is 24.4 Å². The predicted molar refractivity (Wildman–Crippen MR) is 209 cm³/mol. The molecule has 0 saturated heterocycles. The van der Waals surface area contributed by atoms with Gasteiger partial charge >= 0.3 is 7.82 Å². The second kappa shape index (κ2) is 43.9. The van der Waals surface area contributed by atoms with Crippen LogP contribution in [0.15, 0.2) is 12.2 Å². The third kappa shape index (κ3) is 45.7. The highest BCUT2D eigenvalue weighted by Crippen LogP contribution is 2.43. The maximum atomic E-state index is 12.0. The van der Waals surface area contributed by atoms with E-state index >= 15 is 0 Å². The number of aliphatic hydroxyl groups is 3. The highest BCUT2D eigenvalue weighted by atomic mass is 31.2. The van der Waals surface area contributed by atoms with Crippen molar-refractivity contribution >= 4 is 7.82 Å². The van der Waals surface area contributed by atoms with E-state index in [0.717, 1.165) is 25.7 Å². The Morgan fingerprint density at radius 2 is 0.714 bits per heavy atom. The molecular weight excluding hydrogens is 637 g/mol. The van der Waals surface area contributed by atoms with Gasteiger partial charge in [0.1, 0.15) is 0 Å². The van der Waals surface area contributed by atoms with Gasteiger partial charge in [-0.2, -0.15) is 0 Å². The van der Waals surface area contributed by atoms with E-state index < -0.39 is 7.82 Å². The molecule has 49 heavy (non-hydrogen) atoms. The molecular formula is C40H84NO7P. The molecule has 0 heterocycles. The Morgan fingerprint density at radius 1 is 0.449 bits per heavy atom. The topological polar surface area (TPSA) is 120 Å². The van der Waals surface area contributed by atoms with Gasteiger partial charge in [0.05, 0.1) is 33.0 Å². The van der Waals surface area contributed by atoms with Crippen molar-refractivity contribution in [2.75, 3.05) is 52.7 Å². The van der Waals surface area contributed by atoms with Crippen molar-refractivity contribution in [3.8, 4) is 0 Å². The highest BCUT2D eigenvalue weighted by Gasteiger charge is 2.19. The Kier molecular flexibility index (Phi) is 45.5. The van der Waals surface area contributed by atoms with E-state index in [-0.39, 0.29) is 19.8 Å². The number of hydrogen-bond acceptors (Lipinski definition) is 7. The molecule has 1 unspecified atom stereocenters. The molecule has 0 saturated carbocycles. The van der Waals surface area contributed by atoms with Crippen LogP contribution in [0.1, 0.15) is 194 Å². The van der Waals surface area contributed by atoms with E-state index in [2.05, 4.69) is 26.0 Å². The molecule has 0 amide bonds. The molecule has 0 aromatic rings. The zero-order valence-electron chi connectivity index (χ0n) is 32.5. The summed E-state index contributed by atoms with van der Waals surface area (Å²) in [7, 11) is -3.88. The Hall–Kier alpha value is -0.310. The number of unbranched alkanes of at least 4 members (excludes halogenated alkanes) is 25. The zero-order chi connectivity index (χ0) is 36.4. The molecule has 0 rings (SSSR count). The summed E-state index contributed by atoms with van der Waals surface area (Å²) < 4.78 is 22.3. The van der Waals surface area contributed by atoms with Gasteiger partial charge in [-0.3, -0.25) is 13.9 Å². The van der Waals surface area contributed by atoms with Gasteiger partial charge in [-0.05, 0) is 38.5 Å². The van der Waals surface area contributed by atoms with Gasteiger partial charge in [-0.1, -0.05) is 167 Å². The van der Waals surface area contributed by atoms with Crippen LogP contribution in [0.2, 0.25) is 0 Å². The summed E-state index contributed by atoms with van der Waals surface area (Å²) >= 11 is 0. The quantitative estimate of drug-likeness (QED) is 0.0281. The normalized spacial score (nSPS) is 12.9. The fourth-order valence-electron chi connectivity index (χ4n) is 5.80. The molecule has 0 aromatic heterocycles. The van der Waals surface area contributed by atoms with E-state index in [9.17, 15) is 9.46 Å². The molecule has 0 aliphatic heterocycles. The Labute approximate surface area is 304 Å². The van der Waals surface area contributed by atoms with Gasteiger partial charge < -0.3 is 20.2 Å². The van der Waals surface area contributed by atoms with E-state index in [1.807, 2.05) is 0 Å². The number of phosphoric acid groups is 1. The summed E-state index contributed by atoms with van der Waals surface area (Å²) in [4.78, 5) is 11.6. The van der Waals surface area contributed by atoms with Crippen LogP contribution in [-0.4, -0.2) is 77.8 Å². The number of allylic oxidation sites excluding steroid dienone is 2. The lowest BCUT2D eigenvalue weighted by Crippen LogP contribution is -2.32. The van der Waals surface area contributed by atoms with E-state index in [0.29, 0.717) is 32.8 Å². The number of nitrogens with zero attached hydrogens (tertiary/aromatic N) is 1. The predicted octanol–water partition coefficient (Wildman–Crippen LogP) is 10.9.